The summed E-state index contributed by atoms with van der Waals surface area (Å²) in [5.41, 5.74) is 2.30. The molecule has 1 amide bonds. The molecule has 1 aromatic carbocycles. The Morgan fingerprint density at radius 2 is 1.68 bits per heavy atom. The number of hydrogen-bond donors (Lipinski definition) is 2. The summed E-state index contributed by atoms with van der Waals surface area (Å²) in [5.74, 6) is -0.438. The molecule has 0 heterocycles. The van der Waals surface area contributed by atoms with Gasteiger partial charge >= 0.3 is 11.9 Å². The maximum atomic E-state index is 14.0. The average Bonchev–Trinajstić information content (AvgIpc) is 3.30. The van der Waals surface area contributed by atoms with Crippen LogP contribution in [0.2, 0.25) is 0 Å². The summed E-state index contributed by atoms with van der Waals surface area (Å²) >= 11 is 0. The third-order valence-corrected chi connectivity index (χ3v) is 15.4. The van der Waals surface area contributed by atoms with Crippen LogP contribution in [0.5, 0.6) is 0 Å². The molecule has 274 valence electrons. The molecule has 1 unspecified atom stereocenters. The van der Waals surface area contributed by atoms with Crippen LogP contribution in [0.25, 0.3) is 0 Å². The maximum absolute atomic E-state index is 14.0. The van der Waals surface area contributed by atoms with E-state index in [0.29, 0.717) is 23.8 Å². The minimum absolute atomic E-state index is 0.0177. The summed E-state index contributed by atoms with van der Waals surface area (Å²) in [6, 6.07) is 7.73. The molecular formula is C43H61NO6. The summed E-state index contributed by atoms with van der Waals surface area (Å²) in [6.45, 7) is 21.5. The van der Waals surface area contributed by atoms with Crippen LogP contribution in [0, 0.1) is 57.7 Å². The fraction of sp³-hybridized carbons (Fsp3) is 0.721. The minimum Gasteiger partial charge on any atom is -0.481 e. The standard InChI is InChI=1S/C43H61NO6/c1-25(2)34-29(45)23-43(44-36(47)27-13-11-12-26(3)22-27)21-20-41(9)28(35(34)43)14-15-31-40(8)18-17-32(50-33(46)24-38(4,5)37(48)49)39(6,7)30(40)16-19-42(31,41)10/h11-13,22,25,30-32,34H,14-21,23-24H2,1-10H3,(H,44,47)(H,48,49)/t30-,31+,32-,34?,40-,41+,42+,43+/m0/s1. The van der Waals surface area contributed by atoms with E-state index in [1.807, 2.05) is 31.2 Å². The van der Waals surface area contributed by atoms with Gasteiger partial charge in [0.2, 0.25) is 0 Å². The predicted molar refractivity (Wildman–Crippen MR) is 194 cm³/mol. The zero-order valence-corrected chi connectivity index (χ0v) is 32.3. The van der Waals surface area contributed by atoms with Crippen molar-refractivity contribution in [2.24, 2.45) is 50.7 Å². The second-order valence-corrected chi connectivity index (χ2v) is 19.3. The lowest BCUT2D eigenvalue weighted by Gasteiger charge is -2.70. The number of hydrogen-bond acceptors (Lipinski definition) is 5. The van der Waals surface area contributed by atoms with E-state index in [1.165, 1.54) is 11.1 Å². The second-order valence-electron chi connectivity index (χ2n) is 19.3. The Bertz CT molecular complexity index is 1640. The smallest absolute Gasteiger partial charge is 0.309 e. The molecule has 0 aliphatic heterocycles. The number of carboxylic acids is 1. The van der Waals surface area contributed by atoms with E-state index < -0.39 is 22.9 Å². The number of fused-ring (bicyclic) bond motifs is 6. The summed E-state index contributed by atoms with van der Waals surface area (Å²) in [5, 5.41) is 13.1. The third-order valence-electron chi connectivity index (χ3n) is 15.4. The van der Waals surface area contributed by atoms with Gasteiger partial charge < -0.3 is 15.2 Å². The normalized spacial score (nSPS) is 37.7. The molecular weight excluding hydrogens is 626 g/mol. The number of nitrogens with one attached hydrogen (secondary N) is 1. The van der Waals surface area contributed by atoms with E-state index in [9.17, 15) is 24.3 Å². The van der Waals surface area contributed by atoms with Crippen molar-refractivity contribution >= 4 is 23.6 Å². The molecule has 6 rings (SSSR count). The van der Waals surface area contributed by atoms with Crippen molar-refractivity contribution in [3.05, 3.63) is 46.5 Å². The van der Waals surface area contributed by atoms with Gasteiger partial charge in [0, 0.05) is 23.3 Å². The number of amides is 1. The molecule has 4 saturated carbocycles. The number of ether oxygens (including phenoxy) is 1. The summed E-state index contributed by atoms with van der Waals surface area (Å²) < 4.78 is 6.15. The summed E-state index contributed by atoms with van der Waals surface area (Å²) in [7, 11) is 0. The molecule has 2 N–H and O–H groups in total. The van der Waals surface area contributed by atoms with Crippen molar-refractivity contribution in [2.45, 2.75) is 145 Å². The number of rotatable bonds is 7. The lowest BCUT2D eigenvalue weighted by atomic mass is 9.34. The Morgan fingerprint density at radius 3 is 2.32 bits per heavy atom. The van der Waals surface area contributed by atoms with Crippen molar-refractivity contribution in [3.63, 3.8) is 0 Å². The number of carbonyl (C=O) groups is 4. The number of allylic oxidation sites excluding steroid dienone is 1. The van der Waals surface area contributed by atoms with Gasteiger partial charge in [0.15, 0.2) is 0 Å². The Hall–Kier alpha value is -2.96. The molecule has 0 saturated heterocycles. The topological polar surface area (TPSA) is 110 Å². The van der Waals surface area contributed by atoms with E-state index in [2.05, 4.69) is 53.8 Å². The van der Waals surface area contributed by atoms with Crippen molar-refractivity contribution in [1.82, 2.24) is 5.32 Å². The molecule has 0 radical (unpaired) electrons. The monoisotopic (exact) mass is 687 g/mol. The number of aryl methyl sites for hydroxylation is 1. The van der Waals surface area contributed by atoms with Gasteiger partial charge in [-0.3, -0.25) is 19.2 Å². The number of carbonyl (C=O) groups excluding carboxylic acids is 3. The summed E-state index contributed by atoms with van der Waals surface area (Å²) in [4.78, 5) is 52.6. The van der Waals surface area contributed by atoms with E-state index in [1.54, 1.807) is 13.8 Å². The van der Waals surface area contributed by atoms with Gasteiger partial charge in [0.05, 0.1) is 17.4 Å². The highest BCUT2D eigenvalue weighted by Crippen LogP contribution is 2.75. The van der Waals surface area contributed by atoms with Gasteiger partial charge in [-0.1, -0.05) is 71.7 Å². The molecule has 5 aliphatic carbocycles. The van der Waals surface area contributed by atoms with Crippen LogP contribution >= 0.6 is 0 Å². The Morgan fingerprint density at radius 1 is 0.980 bits per heavy atom. The number of carboxylic acid groups (broad SMARTS) is 1. The molecule has 7 heteroatoms. The van der Waals surface area contributed by atoms with Crippen molar-refractivity contribution in [1.29, 1.82) is 0 Å². The zero-order chi connectivity index (χ0) is 36.8. The minimum atomic E-state index is -1.17. The molecule has 0 spiro atoms. The zero-order valence-electron chi connectivity index (χ0n) is 32.3. The fourth-order valence-electron chi connectivity index (χ4n) is 12.5. The van der Waals surface area contributed by atoms with Crippen LogP contribution in [0.4, 0.5) is 0 Å². The van der Waals surface area contributed by atoms with Crippen molar-refractivity contribution in [3.8, 4) is 0 Å². The summed E-state index contributed by atoms with van der Waals surface area (Å²) in [6.07, 6.45) is 7.52. The van der Waals surface area contributed by atoms with E-state index in [0.717, 1.165) is 56.9 Å². The quantitative estimate of drug-likeness (QED) is 0.219. The first kappa shape index (κ1) is 36.8. The van der Waals surface area contributed by atoms with Crippen molar-refractivity contribution in [2.75, 3.05) is 0 Å². The van der Waals surface area contributed by atoms with Gasteiger partial charge in [-0.25, -0.2) is 0 Å². The predicted octanol–water partition coefficient (Wildman–Crippen LogP) is 8.87. The van der Waals surface area contributed by atoms with Crippen LogP contribution in [-0.2, 0) is 19.1 Å². The Labute approximate surface area is 299 Å². The number of aliphatic carboxylic acids is 1. The number of ketones is 1. The van der Waals surface area contributed by atoms with E-state index >= 15 is 0 Å². The lowest BCUT2D eigenvalue weighted by Crippen LogP contribution is -2.65. The highest BCUT2D eigenvalue weighted by Gasteiger charge is 2.69. The molecule has 1 aromatic rings. The average molecular weight is 688 g/mol. The maximum Gasteiger partial charge on any atom is 0.309 e. The Balaban J connectivity index is 1.33. The number of esters is 1. The van der Waals surface area contributed by atoms with Gasteiger partial charge in [-0.05, 0) is 124 Å². The van der Waals surface area contributed by atoms with Gasteiger partial charge in [0.1, 0.15) is 11.9 Å². The first-order valence-corrected chi connectivity index (χ1v) is 19.2. The van der Waals surface area contributed by atoms with Crippen LogP contribution in [0.15, 0.2) is 35.4 Å². The Kier molecular flexibility index (Phi) is 8.87. The molecule has 8 atom stereocenters. The van der Waals surface area contributed by atoms with Crippen molar-refractivity contribution < 1.29 is 29.0 Å². The molecule has 0 aromatic heterocycles. The van der Waals surface area contributed by atoms with Crippen LogP contribution in [0.3, 0.4) is 0 Å². The first-order chi connectivity index (χ1) is 23.1. The highest BCUT2D eigenvalue weighted by atomic mass is 16.5. The van der Waals surface area contributed by atoms with Crippen LogP contribution in [0.1, 0.15) is 142 Å². The van der Waals surface area contributed by atoms with Crippen LogP contribution in [-0.4, -0.2) is 40.4 Å². The third kappa shape index (κ3) is 5.41. The van der Waals surface area contributed by atoms with Gasteiger partial charge in [-0.2, -0.15) is 0 Å². The highest BCUT2D eigenvalue weighted by molar-refractivity contribution is 5.98. The molecule has 0 bridgehead atoms. The first-order valence-electron chi connectivity index (χ1n) is 19.2. The molecule has 7 nitrogen and oxygen atoms in total. The van der Waals surface area contributed by atoms with Gasteiger partial charge in [0.25, 0.3) is 5.91 Å². The number of benzene rings is 1. The van der Waals surface area contributed by atoms with Gasteiger partial charge in [-0.15, -0.1) is 0 Å². The lowest BCUT2D eigenvalue weighted by molar-refractivity contribution is -0.214. The van der Waals surface area contributed by atoms with E-state index in [4.69, 9.17) is 4.74 Å². The SMILES string of the molecule is Cc1cccc(C(=O)N[C@@]23CC[C@]4(C)C(=C2C(C(C)C)C(=O)C3)CC[C@@H]2[C@@]3(C)CC[C@H](OC(=O)CC(C)(C)C(=O)O)C(C)(C)[C@@H]3CC[C@]24C)c1. The molecule has 4 fully saturated rings. The van der Waals surface area contributed by atoms with E-state index in [-0.39, 0.29) is 57.7 Å². The largest absolute Gasteiger partial charge is 0.481 e. The fourth-order valence-corrected chi connectivity index (χ4v) is 12.5. The molecule has 50 heavy (non-hydrogen) atoms. The number of Topliss-reactive ketones (excluding diaryl/α,β-unsaturated/α-hetero) is 1. The second kappa shape index (κ2) is 12.0. The van der Waals surface area contributed by atoms with Crippen LogP contribution < -0.4 is 5.32 Å². The molecule has 5 aliphatic rings.